The van der Waals surface area contributed by atoms with Crippen LogP contribution in [0.5, 0.6) is 0 Å². The third-order valence-electron chi connectivity index (χ3n) is 3.41. The Labute approximate surface area is 118 Å². The van der Waals surface area contributed by atoms with Gasteiger partial charge in [-0.2, -0.15) is 0 Å². The Hall–Kier alpha value is -2.48. The standard InChI is InChI=1S/C18H15NO/c1-12-8-9-16-15(10-12)11-13(2)17(19-16)18(20)14-6-4-3-5-7-14/h3-11H,1-2H3. The number of pyridine rings is 1. The fraction of sp³-hybridized carbons (Fsp3) is 0.111. The van der Waals surface area contributed by atoms with Crippen LogP contribution < -0.4 is 0 Å². The summed E-state index contributed by atoms with van der Waals surface area (Å²) in [6.07, 6.45) is 0. The van der Waals surface area contributed by atoms with Gasteiger partial charge in [0.15, 0.2) is 0 Å². The van der Waals surface area contributed by atoms with Gasteiger partial charge in [0.05, 0.1) is 5.52 Å². The van der Waals surface area contributed by atoms with E-state index < -0.39 is 0 Å². The highest BCUT2D eigenvalue weighted by molar-refractivity contribution is 6.09. The van der Waals surface area contributed by atoms with Crippen LogP contribution in [0.2, 0.25) is 0 Å². The molecule has 0 N–H and O–H groups in total. The van der Waals surface area contributed by atoms with E-state index in [-0.39, 0.29) is 5.78 Å². The number of benzene rings is 2. The van der Waals surface area contributed by atoms with Gasteiger partial charge in [-0.3, -0.25) is 4.79 Å². The molecule has 0 bridgehead atoms. The smallest absolute Gasteiger partial charge is 0.211 e. The van der Waals surface area contributed by atoms with Crippen LogP contribution in [0.3, 0.4) is 0 Å². The largest absolute Gasteiger partial charge is 0.287 e. The van der Waals surface area contributed by atoms with E-state index in [1.807, 2.05) is 55.5 Å². The van der Waals surface area contributed by atoms with Crippen LogP contribution in [-0.2, 0) is 0 Å². The van der Waals surface area contributed by atoms with Gasteiger partial charge in [0.1, 0.15) is 5.69 Å². The SMILES string of the molecule is Cc1ccc2nc(C(=O)c3ccccc3)c(C)cc2c1. The Balaban J connectivity index is 2.15. The van der Waals surface area contributed by atoms with Gasteiger partial charge in [-0.25, -0.2) is 4.98 Å². The molecule has 1 aromatic heterocycles. The van der Waals surface area contributed by atoms with E-state index >= 15 is 0 Å². The molecule has 0 aliphatic rings. The number of carbonyl (C=O) groups is 1. The molecule has 0 fully saturated rings. The molecule has 1 heterocycles. The van der Waals surface area contributed by atoms with Gasteiger partial charge in [0, 0.05) is 10.9 Å². The molecule has 2 heteroatoms. The van der Waals surface area contributed by atoms with Crippen molar-refractivity contribution in [2.75, 3.05) is 0 Å². The molecule has 3 aromatic rings. The summed E-state index contributed by atoms with van der Waals surface area (Å²) in [7, 11) is 0. The van der Waals surface area contributed by atoms with Crippen LogP contribution in [0.4, 0.5) is 0 Å². The van der Waals surface area contributed by atoms with Gasteiger partial charge in [0.2, 0.25) is 5.78 Å². The first-order valence-electron chi connectivity index (χ1n) is 6.63. The average Bonchev–Trinajstić information content (AvgIpc) is 2.46. The van der Waals surface area contributed by atoms with Crippen LogP contribution in [0.15, 0.2) is 54.6 Å². The third kappa shape index (κ3) is 2.21. The molecule has 20 heavy (non-hydrogen) atoms. The molecule has 0 radical (unpaired) electrons. The van der Waals surface area contributed by atoms with Crippen LogP contribution in [0.1, 0.15) is 27.2 Å². The summed E-state index contributed by atoms with van der Waals surface area (Å²) in [5.41, 5.74) is 4.18. The minimum absolute atomic E-state index is 0.0226. The van der Waals surface area contributed by atoms with Crippen molar-refractivity contribution in [3.8, 4) is 0 Å². The number of hydrogen-bond acceptors (Lipinski definition) is 2. The lowest BCUT2D eigenvalue weighted by Crippen LogP contribution is -2.06. The summed E-state index contributed by atoms with van der Waals surface area (Å²) in [6.45, 7) is 3.99. The molecule has 0 aliphatic heterocycles. The number of carbonyl (C=O) groups excluding carboxylic acids is 1. The fourth-order valence-corrected chi connectivity index (χ4v) is 2.36. The zero-order valence-corrected chi connectivity index (χ0v) is 11.6. The van der Waals surface area contributed by atoms with E-state index in [9.17, 15) is 4.79 Å². The van der Waals surface area contributed by atoms with Crippen LogP contribution in [-0.4, -0.2) is 10.8 Å². The summed E-state index contributed by atoms with van der Waals surface area (Å²) in [6, 6.07) is 17.4. The Bertz CT molecular complexity index is 791. The molecule has 0 spiro atoms. The van der Waals surface area contributed by atoms with Gasteiger partial charge in [0.25, 0.3) is 0 Å². The van der Waals surface area contributed by atoms with Crippen molar-refractivity contribution in [1.82, 2.24) is 4.98 Å². The average molecular weight is 261 g/mol. The van der Waals surface area contributed by atoms with Crippen molar-refractivity contribution in [3.63, 3.8) is 0 Å². The van der Waals surface area contributed by atoms with Crippen LogP contribution in [0, 0.1) is 13.8 Å². The minimum Gasteiger partial charge on any atom is -0.287 e. The van der Waals surface area contributed by atoms with E-state index in [1.54, 1.807) is 0 Å². The maximum atomic E-state index is 12.5. The molecule has 0 saturated heterocycles. The zero-order valence-electron chi connectivity index (χ0n) is 11.6. The molecule has 3 rings (SSSR count). The molecule has 0 amide bonds. The third-order valence-corrected chi connectivity index (χ3v) is 3.41. The molecular formula is C18H15NO. The van der Waals surface area contributed by atoms with Gasteiger partial charge >= 0.3 is 0 Å². The molecule has 0 unspecified atom stereocenters. The van der Waals surface area contributed by atoms with Gasteiger partial charge < -0.3 is 0 Å². The Morgan fingerprint density at radius 3 is 2.45 bits per heavy atom. The Morgan fingerprint density at radius 1 is 0.950 bits per heavy atom. The van der Waals surface area contributed by atoms with Crippen molar-refractivity contribution in [3.05, 3.63) is 77.0 Å². The highest BCUT2D eigenvalue weighted by Crippen LogP contribution is 2.20. The maximum absolute atomic E-state index is 12.5. The molecular weight excluding hydrogens is 246 g/mol. The number of nitrogens with zero attached hydrogens (tertiary/aromatic N) is 1. The van der Waals surface area contributed by atoms with Crippen molar-refractivity contribution < 1.29 is 4.79 Å². The molecule has 2 nitrogen and oxygen atoms in total. The lowest BCUT2D eigenvalue weighted by Gasteiger charge is -2.07. The van der Waals surface area contributed by atoms with Gasteiger partial charge in [-0.05, 0) is 37.6 Å². The summed E-state index contributed by atoms with van der Waals surface area (Å²) < 4.78 is 0. The fourth-order valence-electron chi connectivity index (χ4n) is 2.36. The monoisotopic (exact) mass is 261 g/mol. The number of aromatic nitrogens is 1. The molecule has 0 saturated carbocycles. The van der Waals surface area contributed by atoms with Crippen molar-refractivity contribution in [1.29, 1.82) is 0 Å². The van der Waals surface area contributed by atoms with Crippen molar-refractivity contribution in [2.45, 2.75) is 13.8 Å². The van der Waals surface area contributed by atoms with Gasteiger partial charge in [-0.1, -0.05) is 42.0 Å². The topological polar surface area (TPSA) is 30.0 Å². The highest BCUT2D eigenvalue weighted by Gasteiger charge is 2.14. The normalized spacial score (nSPS) is 10.7. The minimum atomic E-state index is -0.0226. The summed E-state index contributed by atoms with van der Waals surface area (Å²) in [4.78, 5) is 17.1. The molecule has 0 aliphatic carbocycles. The number of rotatable bonds is 2. The van der Waals surface area contributed by atoms with E-state index in [1.165, 1.54) is 5.56 Å². The van der Waals surface area contributed by atoms with E-state index in [4.69, 9.17) is 0 Å². The lowest BCUT2D eigenvalue weighted by atomic mass is 10.0. The lowest BCUT2D eigenvalue weighted by molar-refractivity contribution is 0.103. The first-order valence-corrected chi connectivity index (χ1v) is 6.63. The van der Waals surface area contributed by atoms with E-state index in [2.05, 4.69) is 18.0 Å². The van der Waals surface area contributed by atoms with Crippen molar-refractivity contribution >= 4 is 16.7 Å². The number of hydrogen-bond donors (Lipinski definition) is 0. The first kappa shape index (κ1) is 12.5. The van der Waals surface area contributed by atoms with E-state index in [0.29, 0.717) is 11.3 Å². The number of aryl methyl sites for hydroxylation is 2. The van der Waals surface area contributed by atoms with E-state index in [0.717, 1.165) is 16.5 Å². The van der Waals surface area contributed by atoms with Crippen LogP contribution >= 0.6 is 0 Å². The summed E-state index contributed by atoms with van der Waals surface area (Å²) >= 11 is 0. The number of ketones is 1. The first-order chi connectivity index (χ1) is 9.65. The highest BCUT2D eigenvalue weighted by atomic mass is 16.1. The summed E-state index contributed by atoms with van der Waals surface area (Å²) in [5, 5.41) is 1.08. The summed E-state index contributed by atoms with van der Waals surface area (Å²) in [5.74, 6) is -0.0226. The molecule has 0 atom stereocenters. The Morgan fingerprint density at radius 2 is 1.70 bits per heavy atom. The predicted molar refractivity (Wildman–Crippen MR) is 81.1 cm³/mol. The molecule has 98 valence electrons. The zero-order chi connectivity index (χ0) is 14.1. The Kier molecular flexibility index (Phi) is 3.07. The quantitative estimate of drug-likeness (QED) is 0.650. The predicted octanol–water partition coefficient (Wildman–Crippen LogP) is 4.08. The molecule has 2 aromatic carbocycles. The maximum Gasteiger partial charge on any atom is 0.211 e. The second-order valence-electron chi connectivity index (χ2n) is 5.05. The second-order valence-corrected chi connectivity index (χ2v) is 5.05. The van der Waals surface area contributed by atoms with Crippen molar-refractivity contribution in [2.24, 2.45) is 0 Å². The number of fused-ring (bicyclic) bond motifs is 1. The van der Waals surface area contributed by atoms with Gasteiger partial charge in [-0.15, -0.1) is 0 Å². The second kappa shape index (κ2) is 4.89. The van der Waals surface area contributed by atoms with Crippen LogP contribution in [0.25, 0.3) is 10.9 Å².